The fraction of sp³-hybridized carbons (Fsp3) is 0.333. The van der Waals surface area contributed by atoms with Gasteiger partial charge in [0.05, 0.1) is 16.6 Å². The van der Waals surface area contributed by atoms with Gasteiger partial charge in [-0.3, -0.25) is 39.4 Å². The van der Waals surface area contributed by atoms with Gasteiger partial charge in [0.25, 0.3) is 11.8 Å². The molecule has 0 aromatic heterocycles. The smallest absolute Gasteiger partial charge is 0.258 e. The first kappa shape index (κ1) is 43.1. The maximum Gasteiger partial charge on any atom is 0.258 e. The number of rotatable bonds is 8. The van der Waals surface area contributed by atoms with Crippen LogP contribution in [0.2, 0.25) is 10.0 Å². The SMILES string of the molecule is O=C1CCC(N2Cc3c(C#CCCCNC(=O)c4ccc(NC(=O)[C@@H]5NC6(CCCCC6)[C@@]6(C(=O)Nc7cc(Cl)ccc76)[C@H]5c5cccc(Cl)c5F)cc4)ccc(F)c3C2=O)C(=O)N1. The Morgan fingerprint density at radius 1 is 0.922 bits per heavy atom. The molecule has 0 bridgehead atoms. The molecule has 64 heavy (non-hydrogen) atoms. The van der Waals surface area contributed by atoms with Gasteiger partial charge in [-0.1, -0.05) is 72.5 Å². The lowest BCUT2D eigenvalue weighted by atomic mass is 9.55. The summed E-state index contributed by atoms with van der Waals surface area (Å²) in [5.41, 5.74) is 0.486. The zero-order valence-corrected chi connectivity index (χ0v) is 35.9. The molecule has 328 valence electrons. The molecule has 1 aliphatic carbocycles. The third kappa shape index (κ3) is 7.29. The van der Waals surface area contributed by atoms with Gasteiger partial charge in [-0.05, 0) is 91.4 Å². The van der Waals surface area contributed by atoms with E-state index in [0.29, 0.717) is 64.3 Å². The number of hydrogen-bond donors (Lipinski definition) is 5. The van der Waals surface area contributed by atoms with E-state index in [0.717, 1.165) is 19.3 Å². The van der Waals surface area contributed by atoms with Gasteiger partial charge in [-0.15, -0.1) is 0 Å². The summed E-state index contributed by atoms with van der Waals surface area (Å²) in [5, 5.41) is 15.0. The summed E-state index contributed by atoms with van der Waals surface area (Å²) in [6, 6.07) is 16.9. The van der Waals surface area contributed by atoms with Gasteiger partial charge >= 0.3 is 0 Å². The fourth-order valence-corrected chi connectivity index (χ4v) is 10.9. The summed E-state index contributed by atoms with van der Waals surface area (Å²) < 4.78 is 31.0. The molecule has 2 saturated heterocycles. The summed E-state index contributed by atoms with van der Waals surface area (Å²) in [5.74, 6) is 0.822. The summed E-state index contributed by atoms with van der Waals surface area (Å²) >= 11 is 12.7. The van der Waals surface area contributed by atoms with Crippen molar-refractivity contribution in [2.45, 2.75) is 93.3 Å². The van der Waals surface area contributed by atoms with Crippen molar-refractivity contribution in [3.63, 3.8) is 0 Å². The van der Waals surface area contributed by atoms with E-state index >= 15 is 4.39 Å². The predicted octanol–water partition coefficient (Wildman–Crippen LogP) is 6.88. The fourth-order valence-electron chi connectivity index (χ4n) is 10.5. The Hall–Kier alpha value is -6.14. The van der Waals surface area contributed by atoms with Crippen molar-refractivity contribution in [2.75, 3.05) is 17.2 Å². The van der Waals surface area contributed by atoms with Crippen molar-refractivity contribution < 1.29 is 37.5 Å². The first-order valence-corrected chi connectivity index (χ1v) is 22.1. The van der Waals surface area contributed by atoms with Crippen LogP contribution >= 0.6 is 23.2 Å². The highest BCUT2D eigenvalue weighted by Crippen LogP contribution is 2.63. The minimum absolute atomic E-state index is 0.00701. The van der Waals surface area contributed by atoms with Crippen LogP contribution in [0.5, 0.6) is 0 Å². The van der Waals surface area contributed by atoms with Crippen LogP contribution in [0.25, 0.3) is 0 Å². The van der Waals surface area contributed by atoms with Crippen molar-refractivity contribution in [3.05, 3.63) is 128 Å². The van der Waals surface area contributed by atoms with Crippen molar-refractivity contribution in [1.29, 1.82) is 0 Å². The van der Waals surface area contributed by atoms with E-state index in [1.54, 1.807) is 54.6 Å². The number of benzene rings is 4. The first-order chi connectivity index (χ1) is 30.8. The number of hydrogen-bond acceptors (Lipinski definition) is 7. The molecule has 16 heteroatoms. The maximum absolute atomic E-state index is 16.2. The molecule has 6 amide bonds. The lowest BCUT2D eigenvalue weighted by molar-refractivity contribution is -0.137. The zero-order chi connectivity index (χ0) is 44.9. The number of unbranched alkanes of at least 4 members (excludes halogenated alkanes) is 1. The normalized spacial score (nSPS) is 23.0. The highest BCUT2D eigenvalue weighted by molar-refractivity contribution is 6.31. The standard InChI is InChI=1S/C48H42Cl2F2N6O6/c49-28-14-17-32-35(24-28)55-46(64)48(32)39(30-9-7-10-33(50)40(30)52)41(57-47(48)21-4-2-5-22-47)44(62)54-29-15-11-27(12-16-29)42(60)53-23-6-1-3-8-26-13-18-34(51)38-31(26)25-58(45(38)63)36-19-20-37(59)56-43(36)61/h7,9-18,24,36,39,41,57H,1-2,4-6,19-23,25H2,(H,53,60)(H,54,62)(H,55,64)(H,56,59,61)/t36?,39-,41+,48+/m0/s1. The Morgan fingerprint density at radius 2 is 1.70 bits per heavy atom. The van der Waals surface area contributed by atoms with Crippen LogP contribution in [-0.4, -0.2) is 64.5 Å². The largest absolute Gasteiger partial charge is 0.352 e. The highest BCUT2D eigenvalue weighted by Gasteiger charge is 2.72. The molecule has 4 atom stereocenters. The van der Waals surface area contributed by atoms with E-state index in [1.807, 2.05) is 0 Å². The van der Waals surface area contributed by atoms with Gasteiger partial charge in [0.2, 0.25) is 23.6 Å². The highest BCUT2D eigenvalue weighted by atomic mass is 35.5. The molecule has 9 rings (SSSR count). The average Bonchev–Trinajstić information content (AvgIpc) is 3.88. The average molecular weight is 908 g/mol. The maximum atomic E-state index is 16.2. The Bertz CT molecular complexity index is 2710. The van der Waals surface area contributed by atoms with Crippen LogP contribution in [0.3, 0.4) is 0 Å². The Labute approximate surface area is 377 Å². The Kier molecular flexibility index (Phi) is 11.5. The number of nitrogens with one attached hydrogen (secondary N) is 5. The van der Waals surface area contributed by atoms with E-state index in [1.165, 1.54) is 23.1 Å². The third-order valence-corrected chi connectivity index (χ3v) is 13.9. The topological polar surface area (TPSA) is 166 Å². The second kappa shape index (κ2) is 17.1. The lowest BCUT2D eigenvalue weighted by Crippen LogP contribution is -2.60. The molecule has 12 nitrogen and oxygen atoms in total. The molecule has 4 aliphatic heterocycles. The van der Waals surface area contributed by atoms with Gasteiger partial charge in [-0.25, -0.2) is 8.78 Å². The summed E-state index contributed by atoms with van der Waals surface area (Å²) in [6.45, 7) is 0.281. The van der Waals surface area contributed by atoms with Crippen LogP contribution in [0.1, 0.15) is 107 Å². The quantitative estimate of drug-likeness (QED) is 0.0731. The molecule has 4 heterocycles. The van der Waals surface area contributed by atoms with E-state index in [4.69, 9.17) is 23.2 Å². The second-order valence-electron chi connectivity index (χ2n) is 16.9. The lowest BCUT2D eigenvalue weighted by Gasteiger charge is -2.47. The van der Waals surface area contributed by atoms with E-state index in [2.05, 4.69) is 38.4 Å². The molecule has 3 fully saturated rings. The second-order valence-corrected chi connectivity index (χ2v) is 17.8. The van der Waals surface area contributed by atoms with Crippen LogP contribution in [-0.2, 0) is 31.1 Å². The van der Waals surface area contributed by atoms with Crippen molar-refractivity contribution >= 4 is 70.0 Å². The Balaban J connectivity index is 0.863. The molecule has 5 N–H and O–H groups in total. The molecule has 4 aromatic rings. The number of anilines is 2. The number of nitrogens with zero attached hydrogens (tertiary/aromatic N) is 1. The first-order valence-electron chi connectivity index (χ1n) is 21.3. The number of imide groups is 1. The Morgan fingerprint density at radius 3 is 2.47 bits per heavy atom. The van der Waals surface area contributed by atoms with Crippen molar-refractivity contribution in [1.82, 2.24) is 20.9 Å². The molecule has 0 radical (unpaired) electrons. The van der Waals surface area contributed by atoms with E-state index in [9.17, 15) is 33.2 Å². The molecular formula is C48H42Cl2F2N6O6. The van der Waals surface area contributed by atoms with Crippen molar-refractivity contribution in [2.24, 2.45) is 0 Å². The number of carbonyl (C=O) groups excluding carboxylic acids is 6. The van der Waals surface area contributed by atoms with Crippen molar-refractivity contribution in [3.8, 4) is 11.8 Å². The van der Waals surface area contributed by atoms with E-state index < -0.39 is 64.2 Å². The van der Waals surface area contributed by atoms with Crippen LogP contribution in [0.4, 0.5) is 20.2 Å². The number of piperidine rings is 1. The molecule has 4 aromatic carbocycles. The van der Waals surface area contributed by atoms with Crippen LogP contribution in [0, 0.1) is 23.5 Å². The number of carbonyl (C=O) groups is 6. The molecule has 2 spiro atoms. The molecular weight excluding hydrogens is 865 g/mol. The van der Waals surface area contributed by atoms with Gasteiger partial charge < -0.3 is 20.9 Å². The van der Waals surface area contributed by atoms with Gasteiger partial charge in [-0.2, -0.15) is 0 Å². The predicted molar refractivity (Wildman–Crippen MR) is 235 cm³/mol. The van der Waals surface area contributed by atoms with Gasteiger partial charge in [0.1, 0.15) is 23.1 Å². The summed E-state index contributed by atoms with van der Waals surface area (Å²) in [7, 11) is 0. The molecule has 1 saturated carbocycles. The van der Waals surface area contributed by atoms with Crippen LogP contribution < -0.4 is 26.6 Å². The molecule has 5 aliphatic rings. The third-order valence-electron chi connectivity index (χ3n) is 13.4. The summed E-state index contributed by atoms with van der Waals surface area (Å²) in [4.78, 5) is 80.7. The van der Waals surface area contributed by atoms with Gasteiger partial charge in [0, 0.05) is 70.5 Å². The summed E-state index contributed by atoms with van der Waals surface area (Å²) in [6.07, 6.45) is 4.81. The molecule has 1 unspecified atom stereocenters. The van der Waals surface area contributed by atoms with Crippen LogP contribution in [0.15, 0.2) is 72.8 Å². The monoisotopic (exact) mass is 906 g/mol. The number of fused-ring (bicyclic) bond motifs is 4. The minimum Gasteiger partial charge on any atom is -0.352 e. The van der Waals surface area contributed by atoms with E-state index in [-0.39, 0.29) is 53.9 Å². The minimum atomic E-state index is -1.38. The number of halogens is 4. The zero-order valence-electron chi connectivity index (χ0n) is 34.3. The van der Waals surface area contributed by atoms with Gasteiger partial charge in [0.15, 0.2) is 0 Å². The number of amides is 6.